The number of hydrogen-bond acceptors (Lipinski definition) is 5. The van der Waals surface area contributed by atoms with Crippen molar-refractivity contribution in [1.29, 1.82) is 0 Å². The quantitative estimate of drug-likeness (QED) is 0.764. The summed E-state index contributed by atoms with van der Waals surface area (Å²) in [5.41, 5.74) is 4.58. The van der Waals surface area contributed by atoms with Gasteiger partial charge in [-0.05, 0) is 90.1 Å². The monoisotopic (exact) mass is 369 g/mol. The molecule has 1 aliphatic rings. The number of tetrazole rings is 1. The fourth-order valence-electron chi connectivity index (χ4n) is 3.34. The third kappa shape index (κ3) is 3.20. The average Bonchev–Trinajstić information content (AvgIpc) is 3.15. The SMILES string of the molecule is Cc1cc(NS(=O)(=O)c2ccc3c(c2)CCCC3)ccc1-n1cnnn1. The second-order valence-electron chi connectivity index (χ2n) is 6.50. The van der Waals surface area contributed by atoms with Gasteiger partial charge in [0.1, 0.15) is 6.33 Å². The van der Waals surface area contributed by atoms with Crippen LogP contribution >= 0.6 is 0 Å². The number of anilines is 1. The first-order valence-electron chi connectivity index (χ1n) is 8.51. The van der Waals surface area contributed by atoms with Gasteiger partial charge < -0.3 is 0 Å². The van der Waals surface area contributed by atoms with Crippen LogP contribution in [-0.4, -0.2) is 28.6 Å². The van der Waals surface area contributed by atoms with Crippen molar-refractivity contribution in [3.8, 4) is 5.69 Å². The maximum atomic E-state index is 12.8. The molecule has 134 valence electrons. The smallest absolute Gasteiger partial charge is 0.261 e. The second-order valence-corrected chi connectivity index (χ2v) is 8.18. The van der Waals surface area contributed by atoms with Crippen molar-refractivity contribution in [2.24, 2.45) is 0 Å². The molecule has 0 aliphatic heterocycles. The number of sulfonamides is 1. The summed E-state index contributed by atoms with van der Waals surface area (Å²) in [6, 6.07) is 10.7. The number of nitrogens with zero attached hydrogens (tertiary/aromatic N) is 4. The Labute approximate surface area is 152 Å². The Morgan fingerprint density at radius 2 is 1.85 bits per heavy atom. The summed E-state index contributed by atoms with van der Waals surface area (Å²) in [6.45, 7) is 1.88. The number of aromatic nitrogens is 4. The van der Waals surface area contributed by atoms with E-state index in [2.05, 4.69) is 20.2 Å². The number of fused-ring (bicyclic) bond motifs is 1. The number of rotatable bonds is 4. The van der Waals surface area contributed by atoms with E-state index in [0.29, 0.717) is 10.6 Å². The van der Waals surface area contributed by atoms with Crippen LogP contribution in [0.1, 0.15) is 29.5 Å². The lowest BCUT2D eigenvalue weighted by molar-refractivity contribution is 0.600. The van der Waals surface area contributed by atoms with Crippen molar-refractivity contribution in [1.82, 2.24) is 20.2 Å². The van der Waals surface area contributed by atoms with Crippen molar-refractivity contribution < 1.29 is 8.42 Å². The summed E-state index contributed by atoms with van der Waals surface area (Å²) in [5, 5.41) is 11.1. The molecule has 0 amide bonds. The van der Waals surface area contributed by atoms with Crippen molar-refractivity contribution in [2.45, 2.75) is 37.5 Å². The van der Waals surface area contributed by atoms with Crippen molar-refractivity contribution >= 4 is 15.7 Å². The maximum Gasteiger partial charge on any atom is 0.261 e. The lowest BCUT2D eigenvalue weighted by atomic mass is 9.92. The molecule has 8 heteroatoms. The topological polar surface area (TPSA) is 89.8 Å². The average molecular weight is 369 g/mol. The third-order valence-electron chi connectivity index (χ3n) is 4.68. The Hall–Kier alpha value is -2.74. The van der Waals surface area contributed by atoms with E-state index in [4.69, 9.17) is 0 Å². The first kappa shape index (κ1) is 16.7. The molecule has 0 atom stereocenters. The molecule has 1 aromatic heterocycles. The summed E-state index contributed by atoms with van der Waals surface area (Å²) in [4.78, 5) is 0.306. The first-order valence-corrected chi connectivity index (χ1v) is 10.00. The van der Waals surface area contributed by atoms with Gasteiger partial charge in [0.05, 0.1) is 10.6 Å². The highest BCUT2D eigenvalue weighted by molar-refractivity contribution is 7.92. The van der Waals surface area contributed by atoms with Crippen LogP contribution in [0, 0.1) is 6.92 Å². The molecule has 7 nitrogen and oxygen atoms in total. The van der Waals surface area contributed by atoms with Crippen molar-refractivity contribution in [3.05, 3.63) is 59.4 Å². The zero-order valence-electron chi connectivity index (χ0n) is 14.4. The Balaban J connectivity index is 1.61. The zero-order chi connectivity index (χ0) is 18.1. The Morgan fingerprint density at radius 1 is 1.04 bits per heavy atom. The number of hydrogen-bond donors (Lipinski definition) is 1. The summed E-state index contributed by atoms with van der Waals surface area (Å²) in [5.74, 6) is 0. The van der Waals surface area contributed by atoms with Crippen molar-refractivity contribution in [2.75, 3.05) is 4.72 Å². The van der Waals surface area contributed by atoms with E-state index < -0.39 is 10.0 Å². The normalized spacial score (nSPS) is 14.0. The first-order chi connectivity index (χ1) is 12.5. The molecule has 26 heavy (non-hydrogen) atoms. The van der Waals surface area contributed by atoms with Crippen LogP contribution < -0.4 is 4.72 Å². The van der Waals surface area contributed by atoms with Crippen LogP contribution in [-0.2, 0) is 22.9 Å². The fraction of sp³-hybridized carbons (Fsp3) is 0.278. The van der Waals surface area contributed by atoms with Gasteiger partial charge in [0.2, 0.25) is 0 Å². The van der Waals surface area contributed by atoms with Gasteiger partial charge in [-0.1, -0.05) is 6.07 Å². The molecular weight excluding hydrogens is 350 g/mol. The molecule has 0 saturated carbocycles. The molecule has 0 radical (unpaired) electrons. The summed E-state index contributed by atoms with van der Waals surface area (Å²) in [7, 11) is -3.63. The highest BCUT2D eigenvalue weighted by Gasteiger charge is 2.18. The maximum absolute atomic E-state index is 12.8. The minimum Gasteiger partial charge on any atom is -0.280 e. The molecule has 2 aromatic carbocycles. The molecule has 1 heterocycles. The molecular formula is C18H19N5O2S. The molecule has 0 unspecified atom stereocenters. The van der Waals surface area contributed by atoms with E-state index in [1.165, 1.54) is 23.0 Å². The molecule has 4 rings (SSSR count). The highest BCUT2D eigenvalue weighted by atomic mass is 32.2. The Kier molecular flexibility index (Phi) is 4.20. The van der Waals surface area contributed by atoms with Gasteiger partial charge in [0.15, 0.2) is 0 Å². The predicted octanol–water partition coefficient (Wildman–Crippen LogP) is 2.65. The Morgan fingerprint density at radius 3 is 2.58 bits per heavy atom. The van der Waals surface area contributed by atoms with E-state index >= 15 is 0 Å². The van der Waals surface area contributed by atoms with E-state index in [-0.39, 0.29) is 0 Å². The lowest BCUT2D eigenvalue weighted by Gasteiger charge is -2.17. The lowest BCUT2D eigenvalue weighted by Crippen LogP contribution is -2.14. The van der Waals surface area contributed by atoms with Gasteiger partial charge in [-0.15, -0.1) is 5.10 Å². The van der Waals surface area contributed by atoms with E-state index in [1.54, 1.807) is 30.3 Å². The van der Waals surface area contributed by atoms with Crippen LogP contribution in [0.4, 0.5) is 5.69 Å². The summed E-state index contributed by atoms with van der Waals surface area (Å²) < 4.78 is 29.7. The number of benzene rings is 2. The number of nitrogens with one attached hydrogen (secondary N) is 1. The molecule has 1 N–H and O–H groups in total. The number of aryl methyl sites for hydroxylation is 3. The van der Waals surface area contributed by atoms with E-state index in [0.717, 1.165) is 36.1 Å². The van der Waals surface area contributed by atoms with Gasteiger partial charge in [-0.3, -0.25) is 4.72 Å². The minimum absolute atomic E-state index is 0.306. The zero-order valence-corrected chi connectivity index (χ0v) is 15.2. The van der Waals surface area contributed by atoms with Gasteiger partial charge in [-0.25, -0.2) is 13.1 Å². The van der Waals surface area contributed by atoms with Gasteiger partial charge in [0, 0.05) is 5.69 Å². The molecule has 0 saturated heterocycles. The van der Waals surface area contributed by atoms with Crippen molar-refractivity contribution in [3.63, 3.8) is 0 Å². The Bertz CT molecular complexity index is 1050. The largest absolute Gasteiger partial charge is 0.280 e. The summed E-state index contributed by atoms with van der Waals surface area (Å²) in [6.07, 6.45) is 5.75. The predicted molar refractivity (Wildman–Crippen MR) is 97.8 cm³/mol. The van der Waals surface area contributed by atoms with Crippen LogP contribution in [0.3, 0.4) is 0 Å². The van der Waals surface area contributed by atoms with E-state index in [9.17, 15) is 8.42 Å². The van der Waals surface area contributed by atoms with Crippen LogP contribution in [0.5, 0.6) is 0 Å². The van der Waals surface area contributed by atoms with Crippen LogP contribution in [0.25, 0.3) is 5.69 Å². The second kappa shape index (κ2) is 6.53. The molecule has 0 bridgehead atoms. The molecule has 1 aliphatic carbocycles. The molecule has 3 aromatic rings. The van der Waals surface area contributed by atoms with Gasteiger partial charge in [-0.2, -0.15) is 0 Å². The standard InChI is InChI=1S/C18H19N5O2S/c1-13-10-16(7-9-18(13)23-12-19-21-22-23)20-26(24,25)17-8-6-14-4-2-3-5-15(14)11-17/h6-12,20H,2-5H2,1H3. The van der Waals surface area contributed by atoms with Crippen LogP contribution in [0.2, 0.25) is 0 Å². The summed E-state index contributed by atoms with van der Waals surface area (Å²) >= 11 is 0. The van der Waals surface area contributed by atoms with Gasteiger partial charge >= 0.3 is 0 Å². The van der Waals surface area contributed by atoms with Crippen LogP contribution in [0.15, 0.2) is 47.6 Å². The van der Waals surface area contributed by atoms with E-state index in [1.807, 2.05) is 13.0 Å². The van der Waals surface area contributed by atoms with Gasteiger partial charge in [0.25, 0.3) is 10.0 Å². The molecule has 0 fully saturated rings. The molecule has 0 spiro atoms. The third-order valence-corrected chi connectivity index (χ3v) is 6.05. The fourth-order valence-corrected chi connectivity index (χ4v) is 4.44. The minimum atomic E-state index is -3.63. The highest BCUT2D eigenvalue weighted by Crippen LogP contribution is 2.26.